The van der Waals surface area contributed by atoms with E-state index in [-0.39, 0.29) is 18.1 Å². The zero-order valence-corrected chi connectivity index (χ0v) is 18.4. The average Bonchev–Trinajstić information content (AvgIpc) is 3.24. The highest BCUT2D eigenvalue weighted by atomic mass is 35.5. The summed E-state index contributed by atoms with van der Waals surface area (Å²) in [6.45, 7) is 5.53. The van der Waals surface area contributed by atoms with Crippen LogP contribution in [0.4, 0.5) is 0 Å². The molecule has 1 amide bonds. The molecule has 0 saturated carbocycles. The molecule has 1 aliphatic heterocycles. The van der Waals surface area contributed by atoms with Crippen LogP contribution in [0.1, 0.15) is 36.0 Å². The van der Waals surface area contributed by atoms with Crippen molar-refractivity contribution < 1.29 is 14.3 Å². The number of carbonyl (C=O) groups excluding carboxylic acids is 1. The van der Waals surface area contributed by atoms with Crippen LogP contribution in [-0.2, 0) is 4.74 Å². The highest BCUT2D eigenvalue weighted by molar-refractivity contribution is 7.13. The first-order valence-corrected chi connectivity index (χ1v) is 11.1. The van der Waals surface area contributed by atoms with Gasteiger partial charge in [-0.3, -0.25) is 4.79 Å². The maximum atomic E-state index is 13.0. The fourth-order valence-corrected chi connectivity index (χ4v) is 4.25. The highest BCUT2D eigenvalue weighted by Crippen LogP contribution is 2.28. The molecule has 0 radical (unpaired) electrons. The predicted molar refractivity (Wildman–Crippen MR) is 119 cm³/mol. The molecule has 0 aliphatic carbocycles. The van der Waals surface area contributed by atoms with Crippen molar-refractivity contribution in [2.24, 2.45) is 0 Å². The number of hydrogen-bond acceptors (Lipinski definition) is 5. The van der Waals surface area contributed by atoms with Gasteiger partial charge in [0, 0.05) is 22.5 Å². The summed E-state index contributed by atoms with van der Waals surface area (Å²) in [5.74, 6) is 0.752. The third-order valence-electron chi connectivity index (χ3n) is 4.79. The van der Waals surface area contributed by atoms with Gasteiger partial charge in [-0.15, -0.1) is 11.3 Å². The Hall–Kier alpha value is -2.41. The van der Waals surface area contributed by atoms with Gasteiger partial charge < -0.3 is 14.4 Å². The molecule has 7 heteroatoms. The van der Waals surface area contributed by atoms with Crippen LogP contribution < -0.4 is 4.74 Å². The number of thiazole rings is 1. The molecule has 1 aliphatic rings. The first kappa shape index (κ1) is 20.8. The second kappa shape index (κ2) is 9.16. The first-order chi connectivity index (χ1) is 14.5. The lowest BCUT2D eigenvalue weighted by Gasteiger charge is -2.32. The lowest BCUT2D eigenvalue weighted by Crippen LogP contribution is -2.42. The number of rotatable bonds is 5. The molecule has 0 N–H and O–H groups in total. The van der Waals surface area contributed by atoms with E-state index in [0.29, 0.717) is 30.4 Å². The van der Waals surface area contributed by atoms with Crippen molar-refractivity contribution in [2.75, 3.05) is 19.7 Å². The lowest BCUT2D eigenvalue weighted by atomic mass is 10.1. The molecule has 3 aromatic rings. The molecule has 4 rings (SSSR count). The molecule has 0 spiro atoms. The summed E-state index contributed by atoms with van der Waals surface area (Å²) in [6.07, 6.45) is -0.0308. The zero-order valence-electron chi connectivity index (χ0n) is 16.9. The fraction of sp³-hybridized carbons (Fsp3) is 0.304. The van der Waals surface area contributed by atoms with Crippen LogP contribution in [0.5, 0.6) is 5.75 Å². The van der Waals surface area contributed by atoms with E-state index < -0.39 is 0 Å². The molecular weight excluding hydrogens is 420 g/mol. The molecule has 1 saturated heterocycles. The minimum atomic E-state index is -0.161. The molecule has 1 unspecified atom stereocenters. The number of benzene rings is 2. The van der Waals surface area contributed by atoms with Crippen LogP contribution in [0.2, 0.25) is 5.02 Å². The number of morpholine rings is 1. The molecule has 1 fully saturated rings. The smallest absolute Gasteiger partial charge is 0.273 e. The first-order valence-electron chi connectivity index (χ1n) is 9.88. The Bertz CT molecular complexity index is 1000. The van der Waals surface area contributed by atoms with Crippen LogP contribution >= 0.6 is 22.9 Å². The standard InChI is InChI=1S/C23H23ClN2O3S/c1-15(2)29-19-9-5-17(6-10-19)22-25-20(14-30-22)23(27)26-11-12-28-21(13-26)16-3-7-18(24)8-4-16/h3-10,14-15,21H,11-13H2,1-2H3. The Morgan fingerprint density at radius 3 is 2.63 bits per heavy atom. The van der Waals surface area contributed by atoms with Crippen LogP contribution in [0.3, 0.4) is 0 Å². The zero-order chi connectivity index (χ0) is 21.1. The van der Waals surface area contributed by atoms with E-state index in [1.807, 2.05) is 67.8 Å². The Morgan fingerprint density at radius 2 is 1.93 bits per heavy atom. The van der Waals surface area contributed by atoms with Crippen molar-refractivity contribution >= 4 is 28.8 Å². The van der Waals surface area contributed by atoms with Crippen LogP contribution in [-0.4, -0.2) is 41.6 Å². The summed E-state index contributed by atoms with van der Waals surface area (Å²) >= 11 is 7.44. The maximum Gasteiger partial charge on any atom is 0.273 e. The molecular formula is C23H23ClN2O3S. The SMILES string of the molecule is CC(C)Oc1ccc(-c2nc(C(=O)N3CCOC(c4ccc(Cl)cc4)C3)cs2)cc1. The Morgan fingerprint density at radius 1 is 1.20 bits per heavy atom. The molecule has 5 nitrogen and oxygen atoms in total. The van der Waals surface area contributed by atoms with E-state index in [4.69, 9.17) is 21.1 Å². The Labute approximate surface area is 185 Å². The van der Waals surface area contributed by atoms with Crippen LogP contribution in [0.25, 0.3) is 10.6 Å². The van der Waals surface area contributed by atoms with E-state index in [0.717, 1.165) is 21.9 Å². The van der Waals surface area contributed by atoms with Gasteiger partial charge in [0.2, 0.25) is 0 Å². The topological polar surface area (TPSA) is 51.7 Å². The molecule has 1 aromatic heterocycles. The summed E-state index contributed by atoms with van der Waals surface area (Å²) in [4.78, 5) is 19.4. The summed E-state index contributed by atoms with van der Waals surface area (Å²) in [5.41, 5.74) is 2.45. The maximum absolute atomic E-state index is 13.0. The largest absolute Gasteiger partial charge is 0.491 e. The van der Waals surface area contributed by atoms with Crippen LogP contribution in [0.15, 0.2) is 53.9 Å². The number of hydrogen-bond donors (Lipinski definition) is 0. The van der Waals surface area contributed by atoms with E-state index >= 15 is 0 Å². The van der Waals surface area contributed by atoms with Crippen molar-refractivity contribution in [3.8, 4) is 16.3 Å². The number of nitrogens with zero attached hydrogens (tertiary/aromatic N) is 2. The van der Waals surface area contributed by atoms with Gasteiger partial charge in [-0.2, -0.15) is 0 Å². The van der Waals surface area contributed by atoms with Gasteiger partial charge in [-0.1, -0.05) is 23.7 Å². The summed E-state index contributed by atoms with van der Waals surface area (Å²) in [5, 5.41) is 3.32. The van der Waals surface area contributed by atoms with Gasteiger partial charge in [0.25, 0.3) is 5.91 Å². The second-order valence-electron chi connectivity index (χ2n) is 7.39. The molecule has 156 valence electrons. The normalized spacial score (nSPS) is 16.7. The van der Waals surface area contributed by atoms with Gasteiger partial charge >= 0.3 is 0 Å². The van der Waals surface area contributed by atoms with E-state index in [2.05, 4.69) is 4.98 Å². The van der Waals surface area contributed by atoms with Crippen LogP contribution in [0, 0.1) is 0 Å². The molecule has 1 atom stereocenters. The van der Waals surface area contributed by atoms with Crippen molar-refractivity contribution in [2.45, 2.75) is 26.1 Å². The monoisotopic (exact) mass is 442 g/mol. The summed E-state index contributed by atoms with van der Waals surface area (Å²) < 4.78 is 11.6. The van der Waals surface area contributed by atoms with Gasteiger partial charge in [0.1, 0.15) is 22.6 Å². The highest BCUT2D eigenvalue weighted by Gasteiger charge is 2.27. The minimum absolute atomic E-state index is 0.0699. The predicted octanol–water partition coefficient (Wildman–Crippen LogP) is 5.46. The quantitative estimate of drug-likeness (QED) is 0.526. The second-order valence-corrected chi connectivity index (χ2v) is 8.69. The van der Waals surface area contributed by atoms with E-state index in [1.54, 1.807) is 4.90 Å². The third-order valence-corrected chi connectivity index (χ3v) is 5.94. The Balaban J connectivity index is 1.45. The minimum Gasteiger partial charge on any atom is -0.491 e. The van der Waals surface area contributed by atoms with E-state index in [9.17, 15) is 4.79 Å². The third kappa shape index (κ3) is 4.83. The fourth-order valence-electron chi connectivity index (χ4n) is 3.33. The molecule has 2 aromatic carbocycles. The van der Waals surface area contributed by atoms with Crippen molar-refractivity contribution in [1.82, 2.24) is 9.88 Å². The molecule has 0 bridgehead atoms. The van der Waals surface area contributed by atoms with Gasteiger partial charge in [0.05, 0.1) is 19.3 Å². The van der Waals surface area contributed by atoms with Gasteiger partial charge in [-0.25, -0.2) is 4.98 Å². The van der Waals surface area contributed by atoms with Gasteiger partial charge in [-0.05, 0) is 55.8 Å². The lowest BCUT2D eigenvalue weighted by molar-refractivity contribution is -0.0229. The summed E-state index contributed by atoms with van der Waals surface area (Å²) in [7, 11) is 0. The number of amides is 1. The number of halogens is 1. The molecule has 2 heterocycles. The van der Waals surface area contributed by atoms with E-state index in [1.165, 1.54) is 11.3 Å². The van der Waals surface area contributed by atoms with Crippen molar-refractivity contribution in [1.29, 1.82) is 0 Å². The number of aromatic nitrogens is 1. The average molecular weight is 443 g/mol. The summed E-state index contributed by atoms with van der Waals surface area (Å²) in [6, 6.07) is 15.3. The number of carbonyl (C=O) groups is 1. The molecule has 30 heavy (non-hydrogen) atoms. The Kier molecular flexibility index (Phi) is 6.37. The number of ether oxygens (including phenoxy) is 2. The van der Waals surface area contributed by atoms with Crippen molar-refractivity contribution in [3.05, 3.63) is 70.2 Å². The van der Waals surface area contributed by atoms with Gasteiger partial charge in [0.15, 0.2) is 0 Å². The van der Waals surface area contributed by atoms with Crippen molar-refractivity contribution in [3.63, 3.8) is 0 Å².